The number of fused-ring (bicyclic) bond motifs is 3. The van der Waals surface area contributed by atoms with E-state index >= 15 is 0 Å². The first-order valence-electron chi connectivity index (χ1n) is 11.7. The third kappa shape index (κ3) is 4.31. The zero-order chi connectivity index (χ0) is 23.5. The zero-order valence-corrected chi connectivity index (χ0v) is 19.6. The minimum Gasteiger partial charge on any atom is -0.493 e. The van der Waals surface area contributed by atoms with Crippen molar-refractivity contribution < 1.29 is 19.0 Å². The van der Waals surface area contributed by atoms with Crippen molar-refractivity contribution in [3.63, 3.8) is 0 Å². The Kier molecular flexibility index (Phi) is 6.37. The number of benzene rings is 4. The highest BCUT2D eigenvalue weighted by molar-refractivity contribution is 6.10. The molecule has 0 spiro atoms. The Bertz CT molecular complexity index is 1320. The van der Waals surface area contributed by atoms with Crippen LogP contribution in [0, 0.1) is 0 Å². The molecule has 1 aliphatic rings. The molecule has 0 unspecified atom stereocenters. The topological polar surface area (TPSA) is 48.0 Å². The van der Waals surface area contributed by atoms with E-state index in [0.717, 1.165) is 35.7 Å². The average Bonchev–Trinajstić information content (AvgIpc) is 3.35. The fourth-order valence-corrected chi connectivity index (χ4v) is 4.97. The molecule has 1 atom stereocenters. The van der Waals surface area contributed by atoms with E-state index in [2.05, 4.69) is 35.2 Å². The molecule has 0 radical (unpaired) electrons. The van der Waals surface area contributed by atoms with Gasteiger partial charge in [-0.15, -0.1) is 0 Å². The molecule has 5 nitrogen and oxygen atoms in total. The van der Waals surface area contributed by atoms with Crippen molar-refractivity contribution in [3.05, 3.63) is 83.9 Å². The van der Waals surface area contributed by atoms with Crippen LogP contribution in [0.5, 0.6) is 11.5 Å². The fraction of sp³-hybridized carbons (Fsp3) is 0.276. The van der Waals surface area contributed by atoms with Crippen molar-refractivity contribution in [2.24, 2.45) is 0 Å². The second-order valence-electron chi connectivity index (χ2n) is 8.73. The first-order chi connectivity index (χ1) is 16.7. The van der Waals surface area contributed by atoms with Gasteiger partial charge in [0.2, 0.25) is 0 Å². The lowest BCUT2D eigenvalue weighted by Gasteiger charge is -2.24. The highest BCUT2D eigenvalue weighted by Gasteiger charge is 2.32. The Hall–Kier alpha value is -3.57. The lowest BCUT2D eigenvalue weighted by molar-refractivity contribution is -0.150. The van der Waals surface area contributed by atoms with Crippen LogP contribution in [0.2, 0.25) is 0 Å². The molecule has 5 rings (SSSR count). The number of esters is 1. The Balaban J connectivity index is 1.44. The average molecular weight is 456 g/mol. The van der Waals surface area contributed by atoms with Gasteiger partial charge in [-0.05, 0) is 70.3 Å². The van der Waals surface area contributed by atoms with E-state index in [1.165, 1.54) is 16.3 Å². The smallest absolute Gasteiger partial charge is 0.323 e. The highest BCUT2D eigenvalue weighted by Crippen LogP contribution is 2.38. The van der Waals surface area contributed by atoms with Gasteiger partial charge in [0.25, 0.3) is 0 Å². The van der Waals surface area contributed by atoms with Crippen LogP contribution in [-0.4, -0.2) is 37.7 Å². The first-order valence-corrected chi connectivity index (χ1v) is 11.7. The van der Waals surface area contributed by atoms with E-state index in [1.807, 2.05) is 42.5 Å². The predicted octanol–water partition coefficient (Wildman–Crippen LogP) is 5.72. The summed E-state index contributed by atoms with van der Waals surface area (Å²) in [7, 11) is 3.31. The van der Waals surface area contributed by atoms with Crippen LogP contribution >= 0.6 is 0 Å². The number of methoxy groups -OCH3 is 2. The van der Waals surface area contributed by atoms with Gasteiger partial charge in [0.1, 0.15) is 12.6 Å². The molecular formula is C29H29NO4. The van der Waals surface area contributed by atoms with Crippen molar-refractivity contribution in [1.29, 1.82) is 0 Å². The van der Waals surface area contributed by atoms with E-state index in [1.54, 1.807) is 14.2 Å². The van der Waals surface area contributed by atoms with Crippen LogP contribution in [0.25, 0.3) is 21.5 Å². The lowest BCUT2D eigenvalue weighted by atomic mass is 9.96. The molecule has 0 aliphatic carbocycles. The van der Waals surface area contributed by atoms with Crippen LogP contribution in [0.15, 0.2) is 72.8 Å². The van der Waals surface area contributed by atoms with Crippen molar-refractivity contribution in [3.8, 4) is 11.5 Å². The SMILES string of the molecule is COc1cc2cc(CN3CCC[C@H]3C(=O)OCc3ccccc3)c3ccccc3c2cc1OC. The molecule has 0 N–H and O–H groups in total. The molecule has 0 bridgehead atoms. The largest absolute Gasteiger partial charge is 0.493 e. The number of hydrogen-bond donors (Lipinski definition) is 0. The van der Waals surface area contributed by atoms with Crippen LogP contribution in [-0.2, 0) is 22.7 Å². The molecular weight excluding hydrogens is 426 g/mol. The maximum atomic E-state index is 13.0. The Morgan fingerprint density at radius 3 is 2.35 bits per heavy atom. The molecule has 1 heterocycles. The summed E-state index contributed by atoms with van der Waals surface area (Å²) in [6, 6.07) is 24.3. The number of hydrogen-bond acceptors (Lipinski definition) is 5. The van der Waals surface area contributed by atoms with E-state index in [9.17, 15) is 4.79 Å². The summed E-state index contributed by atoms with van der Waals surface area (Å²) in [4.78, 5) is 15.2. The Morgan fingerprint density at radius 2 is 1.59 bits per heavy atom. The fourth-order valence-electron chi connectivity index (χ4n) is 4.97. The van der Waals surface area contributed by atoms with Crippen molar-refractivity contribution in [2.45, 2.75) is 32.0 Å². The number of carbonyl (C=O) groups is 1. The molecule has 1 saturated heterocycles. The van der Waals surface area contributed by atoms with Gasteiger partial charge in [0, 0.05) is 6.54 Å². The van der Waals surface area contributed by atoms with Gasteiger partial charge in [-0.2, -0.15) is 0 Å². The maximum absolute atomic E-state index is 13.0. The highest BCUT2D eigenvalue weighted by atomic mass is 16.5. The minimum atomic E-state index is -0.219. The van der Waals surface area contributed by atoms with Crippen molar-refractivity contribution in [2.75, 3.05) is 20.8 Å². The third-order valence-electron chi connectivity index (χ3n) is 6.68. The van der Waals surface area contributed by atoms with Gasteiger partial charge >= 0.3 is 5.97 Å². The summed E-state index contributed by atoms with van der Waals surface area (Å²) in [5.74, 6) is 1.28. The second-order valence-corrected chi connectivity index (χ2v) is 8.73. The Labute approximate surface area is 199 Å². The van der Waals surface area contributed by atoms with Gasteiger partial charge in [-0.3, -0.25) is 9.69 Å². The number of carbonyl (C=O) groups excluding carboxylic acids is 1. The molecule has 0 aromatic heterocycles. The van der Waals surface area contributed by atoms with E-state index < -0.39 is 0 Å². The molecule has 174 valence electrons. The van der Waals surface area contributed by atoms with Gasteiger partial charge in [-0.25, -0.2) is 0 Å². The molecule has 0 saturated carbocycles. The standard InChI is InChI=1S/C29H29NO4/c1-32-27-16-21-15-22(23-11-6-7-12-24(23)25(21)17-28(27)33-2)18-30-14-8-13-26(30)29(31)34-19-20-9-4-3-5-10-20/h3-7,9-12,15-17,26H,8,13-14,18-19H2,1-2H3/t26-/m0/s1. The summed E-state index contributed by atoms with van der Waals surface area (Å²) in [6.07, 6.45) is 1.81. The summed E-state index contributed by atoms with van der Waals surface area (Å²) in [6.45, 7) is 1.88. The third-order valence-corrected chi connectivity index (χ3v) is 6.68. The molecule has 4 aromatic rings. The number of ether oxygens (including phenoxy) is 3. The van der Waals surface area contributed by atoms with Crippen LogP contribution in [0.1, 0.15) is 24.0 Å². The summed E-state index contributed by atoms with van der Waals surface area (Å²) < 4.78 is 16.8. The van der Waals surface area contributed by atoms with Crippen LogP contribution in [0.4, 0.5) is 0 Å². The number of rotatable bonds is 7. The van der Waals surface area contributed by atoms with E-state index in [4.69, 9.17) is 14.2 Å². The van der Waals surface area contributed by atoms with Crippen molar-refractivity contribution in [1.82, 2.24) is 4.90 Å². The second kappa shape index (κ2) is 9.74. The summed E-state index contributed by atoms with van der Waals surface area (Å²) >= 11 is 0. The predicted molar refractivity (Wildman–Crippen MR) is 134 cm³/mol. The minimum absolute atomic E-state index is 0.141. The molecule has 1 fully saturated rings. The van der Waals surface area contributed by atoms with Gasteiger partial charge in [-0.1, -0.05) is 54.6 Å². The molecule has 5 heteroatoms. The summed E-state index contributed by atoms with van der Waals surface area (Å²) in [5.41, 5.74) is 2.20. The van der Waals surface area contributed by atoms with Gasteiger partial charge < -0.3 is 14.2 Å². The molecule has 34 heavy (non-hydrogen) atoms. The Morgan fingerprint density at radius 1 is 0.882 bits per heavy atom. The quantitative estimate of drug-likeness (QED) is 0.264. The summed E-state index contributed by atoms with van der Waals surface area (Å²) in [5, 5.41) is 4.56. The van der Waals surface area contributed by atoms with Gasteiger partial charge in [0.15, 0.2) is 11.5 Å². The number of likely N-dealkylation sites (tertiary alicyclic amines) is 1. The van der Waals surface area contributed by atoms with E-state index in [-0.39, 0.29) is 12.0 Å². The van der Waals surface area contributed by atoms with E-state index in [0.29, 0.717) is 24.7 Å². The zero-order valence-electron chi connectivity index (χ0n) is 19.6. The first kappa shape index (κ1) is 22.2. The van der Waals surface area contributed by atoms with Crippen LogP contribution in [0.3, 0.4) is 0 Å². The lowest BCUT2D eigenvalue weighted by Crippen LogP contribution is -2.36. The molecule has 1 aliphatic heterocycles. The monoisotopic (exact) mass is 455 g/mol. The van der Waals surface area contributed by atoms with Gasteiger partial charge in [0.05, 0.1) is 14.2 Å². The normalized spacial score (nSPS) is 16.1. The van der Waals surface area contributed by atoms with Crippen LogP contribution < -0.4 is 9.47 Å². The number of nitrogens with zero attached hydrogens (tertiary/aromatic N) is 1. The molecule has 0 amide bonds. The maximum Gasteiger partial charge on any atom is 0.323 e. The molecule has 4 aromatic carbocycles. The van der Waals surface area contributed by atoms with Crippen molar-refractivity contribution >= 4 is 27.5 Å².